The molecule has 0 aromatic carbocycles. The number of nitrogens with zero attached hydrogens (tertiary/aromatic N) is 4. The van der Waals surface area contributed by atoms with E-state index in [0.29, 0.717) is 56.3 Å². The van der Waals surface area contributed by atoms with E-state index >= 15 is 0 Å². The number of piperazine rings is 1. The van der Waals surface area contributed by atoms with Crippen LogP contribution in [0.4, 0.5) is 0 Å². The van der Waals surface area contributed by atoms with Gasteiger partial charge >= 0.3 is 0 Å². The van der Waals surface area contributed by atoms with Crippen LogP contribution in [0.2, 0.25) is 0 Å². The molecule has 28 heavy (non-hydrogen) atoms. The Morgan fingerprint density at radius 2 is 1.82 bits per heavy atom. The van der Waals surface area contributed by atoms with Gasteiger partial charge in [-0.3, -0.25) is 9.69 Å². The molecule has 0 aliphatic carbocycles. The van der Waals surface area contributed by atoms with Crippen LogP contribution >= 0.6 is 11.3 Å². The van der Waals surface area contributed by atoms with Crippen LogP contribution < -0.4 is 0 Å². The van der Waals surface area contributed by atoms with E-state index in [1.807, 2.05) is 18.7 Å². The van der Waals surface area contributed by atoms with Crippen molar-refractivity contribution in [3.63, 3.8) is 0 Å². The van der Waals surface area contributed by atoms with E-state index in [0.717, 1.165) is 0 Å². The number of thiophene rings is 1. The highest BCUT2D eigenvalue weighted by Gasteiger charge is 2.35. The fourth-order valence-corrected chi connectivity index (χ4v) is 6.63. The lowest BCUT2D eigenvalue weighted by Crippen LogP contribution is -2.54. The van der Waals surface area contributed by atoms with Crippen molar-refractivity contribution in [1.29, 1.82) is 5.26 Å². The second kappa shape index (κ2) is 8.91. The summed E-state index contributed by atoms with van der Waals surface area (Å²) < 4.78 is 27.1. The van der Waals surface area contributed by atoms with Gasteiger partial charge < -0.3 is 4.90 Å². The van der Waals surface area contributed by atoms with Gasteiger partial charge in [-0.05, 0) is 30.2 Å². The van der Waals surface area contributed by atoms with E-state index < -0.39 is 10.0 Å². The maximum atomic E-state index is 12.9. The summed E-state index contributed by atoms with van der Waals surface area (Å²) in [6, 6.07) is 5.63. The number of carbonyl (C=O) groups is 1. The Labute approximate surface area is 171 Å². The minimum absolute atomic E-state index is 0.108. The molecular formula is C19H28N4O3S2. The molecule has 0 radical (unpaired) electrons. The Hall–Kier alpha value is -1.47. The van der Waals surface area contributed by atoms with Crippen molar-refractivity contribution in [1.82, 2.24) is 14.1 Å². The first kappa shape index (κ1) is 21.2. The third-order valence-corrected chi connectivity index (χ3v) is 8.95. The standard InChI is InChI=1S/C19H28N4O3S2/c1-15(2)17(14-20)21-9-11-22(12-10-21)19(24)16-5-7-23(8-6-16)28(25,26)18-4-3-13-27-18/h3-4,13,15-17H,5-12H2,1-2H3. The van der Waals surface area contributed by atoms with Crippen LogP contribution in [0.25, 0.3) is 0 Å². The average molecular weight is 425 g/mol. The smallest absolute Gasteiger partial charge is 0.252 e. The lowest BCUT2D eigenvalue weighted by molar-refractivity contribution is -0.138. The molecular weight excluding hydrogens is 396 g/mol. The molecule has 1 aromatic rings. The zero-order valence-corrected chi connectivity index (χ0v) is 18.1. The van der Waals surface area contributed by atoms with E-state index in [9.17, 15) is 18.5 Å². The molecule has 154 valence electrons. The number of sulfonamides is 1. The van der Waals surface area contributed by atoms with Crippen LogP contribution in [-0.2, 0) is 14.8 Å². The number of hydrogen-bond acceptors (Lipinski definition) is 6. The maximum absolute atomic E-state index is 12.9. The third kappa shape index (κ3) is 4.40. The Bertz CT molecular complexity index is 801. The molecule has 0 saturated carbocycles. The predicted octanol–water partition coefficient (Wildman–Crippen LogP) is 1.84. The monoisotopic (exact) mass is 424 g/mol. The Morgan fingerprint density at radius 1 is 1.18 bits per heavy atom. The summed E-state index contributed by atoms with van der Waals surface area (Å²) in [5.41, 5.74) is 0. The molecule has 3 heterocycles. The minimum Gasteiger partial charge on any atom is -0.340 e. The molecule has 0 bridgehead atoms. The Kier molecular flexibility index (Phi) is 6.76. The van der Waals surface area contributed by atoms with E-state index in [4.69, 9.17) is 0 Å². The molecule has 1 unspecified atom stereocenters. The molecule has 1 aromatic heterocycles. The van der Waals surface area contributed by atoms with Gasteiger partial charge in [-0.25, -0.2) is 8.42 Å². The second-order valence-electron chi connectivity index (χ2n) is 7.79. The molecule has 2 aliphatic heterocycles. The fraction of sp³-hybridized carbons (Fsp3) is 0.684. The highest BCUT2D eigenvalue weighted by Crippen LogP contribution is 2.27. The molecule has 1 amide bonds. The van der Waals surface area contributed by atoms with Gasteiger partial charge in [-0.1, -0.05) is 19.9 Å². The van der Waals surface area contributed by atoms with Crippen molar-refractivity contribution in [3.05, 3.63) is 17.5 Å². The zero-order valence-electron chi connectivity index (χ0n) is 16.5. The van der Waals surface area contributed by atoms with Crippen molar-refractivity contribution in [2.45, 2.75) is 36.9 Å². The number of amides is 1. The van der Waals surface area contributed by atoms with Crippen molar-refractivity contribution in [2.75, 3.05) is 39.3 Å². The van der Waals surface area contributed by atoms with Crippen molar-refractivity contribution in [3.8, 4) is 6.07 Å². The molecule has 2 fully saturated rings. The maximum Gasteiger partial charge on any atom is 0.252 e. The summed E-state index contributed by atoms with van der Waals surface area (Å²) in [5.74, 6) is 0.283. The van der Waals surface area contributed by atoms with Gasteiger partial charge in [0, 0.05) is 45.2 Å². The van der Waals surface area contributed by atoms with Gasteiger partial charge in [0.25, 0.3) is 10.0 Å². The van der Waals surface area contributed by atoms with Gasteiger partial charge in [0.15, 0.2) is 0 Å². The Morgan fingerprint density at radius 3 is 2.32 bits per heavy atom. The molecule has 1 atom stereocenters. The molecule has 2 aliphatic rings. The van der Waals surface area contributed by atoms with Crippen LogP contribution in [0.15, 0.2) is 21.7 Å². The number of rotatable bonds is 5. The predicted molar refractivity (Wildman–Crippen MR) is 108 cm³/mol. The first-order chi connectivity index (χ1) is 13.3. The van der Waals surface area contributed by atoms with E-state index in [2.05, 4.69) is 11.0 Å². The van der Waals surface area contributed by atoms with E-state index in [1.165, 1.54) is 15.6 Å². The Balaban J connectivity index is 1.52. The van der Waals surface area contributed by atoms with E-state index in [1.54, 1.807) is 17.5 Å². The van der Waals surface area contributed by atoms with Crippen LogP contribution in [-0.4, -0.2) is 73.7 Å². The highest BCUT2D eigenvalue weighted by molar-refractivity contribution is 7.91. The topological polar surface area (TPSA) is 84.7 Å². The first-order valence-corrected chi connectivity index (χ1v) is 12.1. The summed E-state index contributed by atoms with van der Waals surface area (Å²) in [4.78, 5) is 16.9. The summed E-state index contributed by atoms with van der Waals surface area (Å²) >= 11 is 1.23. The minimum atomic E-state index is -3.43. The van der Waals surface area contributed by atoms with Gasteiger partial charge in [0.1, 0.15) is 10.3 Å². The third-order valence-electron chi connectivity index (χ3n) is 5.68. The largest absolute Gasteiger partial charge is 0.340 e. The second-order valence-corrected chi connectivity index (χ2v) is 10.9. The van der Waals surface area contributed by atoms with Gasteiger partial charge in [-0.15, -0.1) is 11.3 Å². The summed E-state index contributed by atoms with van der Waals surface area (Å²) in [7, 11) is -3.43. The number of carbonyl (C=O) groups excluding carboxylic acids is 1. The summed E-state index contributed by atoms with van der Waals surface area (Å²) in [5, 5.41) is 11.1. The lowest BCUT2D eigenvalue weighted by atomic mass is 9.96. The average Bonchev–Trinajstić information content (AvgIpc) is 3.24. The fourth-order valence-electron chi connectivity index (χ4n) is 4.01. The van der Waals surface area contributed by atoms with Crippen molar-refractivity contribution < 1.29 is 13.2 Å². The van der Waals surface area contributed by atoms with Gasteiger partial charge in [0.2, 0.25) is 5.91 Å². The molecule has 2 saturated heterocycles. The number of hydrogen-bond donors (Lipinski definition) is 0. The molecule has 9 heteroatoms. The summed E-state index contributed by atoms with van der Waals surface area (Å²) in [6.45, 7) is 7.57. The molecule has 3 rings (SSSR count). The molecule has 0 spiro atoms. The van der Waals surface area contributed by atoms with E-state index in [-0.39, 0.29) is 23.8 Å². The lowest BCUT2D eigenvalue weighted by Gasteiger charge is -2.40. The molecule has 7 nitrogen and oxygen atoms in total. The first-order valence-electron chi connectivity index (χ1n) is 9.80. The van der Waals surface area contributed by atoms with Gasteiger partial charge in [0.05, 0.1) is 6.07 Å². The number of nitriles is 1. The SMILES string of the molecule is CC(C)C(C#N)N1CCN(C(=O)C2CCN(S(=O)(=O)c3cccs3)CC2)CC1. The van der Waals surface area contributed by atoms with Crippen LogP contribution in [0.1, 0.15) is 26.7 Å². The highest BCUT2D eigenvalue weighted by atomic mass is 32.2. The normalized spacial score (nSPS) is 21.6. The van der Waals surface area contributed by atoms with Crippen molar-refractivity contribution >= 4 is 27.3 Å². The van der Waals surface area contributed by atoms with Crippen LogP contribution in [0.3, 0.4) is 0 Å². The van der Waals surface area contributed by atoms with Gasteiger partial charge in [-0.2, -0.15) is 9.57 Å². The van der Waals surface area contributed by atoms with Crippen molar-refractivity contribution in [2.24, 2.45) is 11.8 Å². The van der Waals surface area contributed by atoms with Crippen LogP contribution in [0, 0.1) is 23.2 Å². The number of piperidine rings is 1. The summed E-state index contributed by atoms with van der Waals surface area (Å²) in [6.07, 6.45) is 1.13. The molecule has 0 N–H and O–H groups in total. The quantitative estimate of drug-likeness (QED) is 0.720. The van der Waals surface area contributed by atoms with Crippen LogP contribution in [0.5, 0.6) is 0 Å². The zero-order chi connectivity index (χ0) is 20.3.